The van der Waals surface area contributed by atoms with Crippen molar-refractivity contribution in [3.63, 3.8) is 0 Å². The zero-order valence-corrected chi connectivity index (χ0v) is 13.9. The predicted octanol–water partition coefficient (Wildman–Crippen LogP) is 4.22. The molecule has 1 heterocycles. The number of hydrogen-bond donors (Lipinski definition) is 1. The number of pyridine rings is 1. The van der Waals surface area contributed by atoms with E-state index in [4.69, 9.17) is 0 Å². The molecule has 3 nitrogen and oxygen atoms in total. The van der Waals surface area contributed by atoms with Crippen LogP contribution in [0.15, 0.2) is 79.1 Å². The van der Waals surface area contributed by atoms with E-state index in [9.17, 15) is 5.11 Å². The highest BCUT2D eigenvalue weighted by Gasteiger charge is 2.06. The number of aliphatic hydroxyl groups excluding tert-OH is 1. The molecule has 0 fully saturated rings. The average molecular weight is 317 g/mol. The number of anilines is 1. The highest BCUT2D eigenvalue weighted by atomic mass is 16.3. The summed E-state index contributed by atoms with van der Waals surface area (Å²) in [5.74, 6) is 0.234. The molecule has 0 aliphatic carbocycles. The fourth-order valence-electron chi connectivity index (χ4n) is 2.49. The largest absolute Gasteiger partial charge is 0.502 e. The van der Waals surface area contributed by atoms with E-state index >= 15 is 0 Å². The van der Waals surface area contributed by atoms with Gasteiger partial charge in [0.25, 0.3) is 0 Å². The van der Waals surface area contributed by atoms with Crippen LogP contribution in [0.1, 0.15) is 5.56 Å². The maximum absolute atomic E-state index is 10.3. The van der Waals surface area contributed by atoms with Gasteiger partial charge in [0.1, 0.15) is 0 Å². The third-order valence-electron chi connectivity index (χ3n) is 3.91. The molecule has 0 saturated carbocycles. The Morgan fingerprint density at radius 1 is 0.833 bits per heavy atom. The number of aliphatic hydroxyl groups is 1. The van der Waals surface area contributed by atoms with Crippen LogP contribution in [0.5, 0.6) is 0 Å². The van der Waals surface area contributed by atoms with Crippen LogP contribution in [0.25, 0.3) is 23.1 Å². The minimum Gasteiger partial charge on any atom is -0.502 e. The van der Waals surface area contributed by atoms with E-state index in [0.717, 1.165) is 16.8 Å². The van der Waals surface area contributed by atoms with Crippen LogP contribution in [-0.2, 0) is 0 Å². The van der Waals surface area contributed by atoms with Gasteiger partial charge in [-0.2, -0.15) is 4.57 Å². The molecule has 3 rings (SSSR count). The van der Waals surface area contributed by atoms with E-state index in [1.807, 2.05) is 90.6 Å². The summed E-state index contributed by atoms with van der Waals surface area (Å²) in [6, 6.07) is 22.1. The average Bonchev–Trinajstić information content (AvgIpc) is 2.63. The highest BCUT2D eigenvalue weighted by Crippen LogP contribution is 2.21. The maximum atomic E-state index is 10.3. The number of rotatable bonds is 4. The molecule has 120 valence electrons. The lowest BCUT2D eigenvalue weighted by atomic mass is 10.0. The Balaban J connectivity index is 1.80. The molecule has 0 amide bonds. The Labute approximate surface area is 142 Å². The lowest BCUT2D eigenvalue weighted by Crippen LogP contribution is -2.25. The van der Waals surface area contributed by atoms with Crippen LogP contribution in [0.3, 0.4) is 0 Å². The fourth-order valence-corrected chi connectivity index (χ4v) is 2.49. The van der Waals surface area contributed by atoms with Crippen molar-refractivity contribution in [2.24, 2.45) is 0 Å². The van der Waals surface area contributed by atoms with E-state index in [2.05, 4.69) is 12.1 Å². The summed E-state index contributed by atoms with van der Waals surface area (Å²) in [5.41, 5.74) is 4.21. The van der Waals surface area contributed by atoms with Gasteiger partial charge in [-0.1, -0.05) is 54.6 Å². The van der Waals surface area contributed by atoms with Crippen LogP contribution in [0.4, 0.5) is 5.69 Å². The van der Waals surface area contributed by atoms with Gasteiger partial charge in [0.15, 0.2) is 18.2 Å². The molecule has 24 heavy (non-hydrogen) atoms. The SMILES string of the molecule is CN(C)c1cc[n+](/C=C(/O)c2ccc(-c3ccccc3)cc2)cc1. The monoisotopic (exact) mass is 317 g/mol. The first kappa shape index (κ1) is 15.8. The quantitative estimate of drug-likeness (QED) is 0.576. The molecule has 1 N–H and O–H groups in total. The molecule has 0 aliphatic heterocycles. The van der Waals surface area contributed by atoms with Gasteiger partial charge < -0.3 is 10.0 Å². The van der Waals surface area contributed by atoms with Crippen molar-refractivity contribution in [3.8, 4) is 11.1 Å². The van der Waals surface area contributed by atoms with Crippen molar-refractivity contribution in [2.45, 2.75) is 0 Å². The Hall–Kier alpha value is -3.07. The van der Waals surface area contributed by atoms with E-state index < -0.39 is 0 Å². The molecule has 0 spiro atoms. The van der Waals surface area contributed by atoms with Crippen LogP contribution in [0, 0.1) is 0 Å². The smallest absolute Gasteiger partial charge is 0.216 e. The summed E-state index contributed by atoms with van der Waals surface area (Å²) in [6.45, 7) is 0. The molecule has 0 unspecified atom stereocenters. The molecule has 3 heteroatoms. The number of aromatic nitrogens is 1. The van der Waals surface area contributed by atoms with E-state index in [-0.39, 0.29) is 5.76 Å². The zero-order valence-electron chi connectivity index (χ0n) is 13.9. The van der Waals surface area contributed by atoms with Crippen LogP contribution in [0.2, 0.25) is 0 Å². The highest BCUT2D eigenvalue weighted by molar-refractivity contribution is 5.70. The normalized spacial score (nSPS) is 11.3. The fraction of sp³-hybridized carbons (Fsp3) is 0.0952. The second-order valence-electron chi connectivity index (χ2n) is 5.86. The van der Waals surface area contributed by atoms with Crippen molar-refractivity contribution in [3.05, 3.63) is 84.7 Å². The van der Waals surface area contributed by atoms with Gasteiger partial charge in [-0.25, -0.2) is 0 Å². The Morgan fingerprint density at radius 3 is 2.00 bits per heavy atom. The number of benzene rings is 2. The minimum absolute atomic E-state index is 0.234. The van der Waals surface area contributed by atoms with Gasteiger partial charge in [0.05, 0.1) is 0 Å². The third-order valence-corrected chi connectivity index (χ3v) is 3.91. The molecular weight excluding hydrogens is 296 g/mol. The molecule has 3 aromatic rings. The van der Waals surface area contributed by atoms with Gasteiger partial charge in [0, 0.05) is 37.5 Å². The third kappa shape index (κ3) is 3.63. The molecule has 0 saturated heterocycles. The second-order valence-corrected chi connectivity index (χ2v) is 5.86. The molecule has 0 atom stereocenters. The van der Waals surface area contributed by atoms with Crippen molar-refractivity contribution in [1.82, 2.24) is 0 Å². The summed E-state index contributed by atoms with van der Waals surface area (Å²) in [5, 5.41) is 10.3. The van der Waals surface area contributed by atoms with Crippen molar-refractivity contribution < 1.29 is 9.67 Å². The van der Waals surface area contributed by atoms with Gasteiger partial charge >= 0.3 is 0 Å². The molecule has 0 aliphatic rings. The summed E-state index contributed by atoms with van der Waals surface area (Å²) in [6.07, 6.45) is 5.55. The summed E-state index contributed by atoms with van der Waals surface area (Å²) in [4.78, 5) is 2.04. The Bertz CT molecular complexity index is 820. The first-order valence-corrected chi connectivity index (χ1v) is 7.88. The zero-order chi connectivity index (χ0) is 16.9. The summed E-state index contributed by atoms with van der Waals surface area (Å²) < 4.78 is 1.84. The first-order valence-electron chi connectivity index (χ1n) is 7.88. The van der Waals surface area contributed by atoms with Crippen LogP contribution < -0.4 is 9.47 Å². The van der Waals surface area contributed by atoms with Crippen molar-refractivity contribution in [1.29, 1.82) is 0 Å². The standard InChI is InChI=1S/C21H20N2O/c1-22(2)20-12-14-23(15-13-20)16-21(24)19-10-8-18(9-11-19)17-6-4-3-5-7-17/h3-16H,1-2H3/p+1/b21-16+. The second kappa shape index (κ2) is 7.01. The lowest BCUT2D eigenvalue weighted by Gasteiger charge is -2.09. The summed E-state index contributed by atoms with van der Waals surface area (Å²) in [7, 11) is 4.00. The Kier molecular flexibility index (Phi) is 4.62. The van der Waals surface area contributed by atoms with Crippen molar-refractivity contribution >= 4 is 17.6 Å². The molecule has 0 radical (unpaired) electrons. The predicted molar refractivity (Wildman–Crippen MR) is 99.6 cm³/mol. The molecular formula is C21H21N2O+. The number of nitrogens with zero attached hydrogens (tertiary/aromatic N) is 2. The van der Waals surface area contributed by atoms with Crippen molar-refractivity contribution in [2.75, 3.05) is 19.0 Å². The lowest BCUT2D eigenvalue weighted by molar-refractivity contribution is -0.568. The Morgan fingerprint density at radius 2 is 1.42 bits per heavy atom. The van der Waals surface area contributed by atoms with Gasteiger partial charge in [0.2, 0.25) is 6.20 Å². The van der Waals surface area contributed by atoms with E-state index in [1.54, 1.807) is 6.20 Å². The minimum atomic E-state index is 0.234. The molecule has 1 aromatic heterocycles. The van der Waals surface area contributed by atoms with Crippen LogP contribution >= 0.6 is 0 Å². The van der Waals surface area contributed by atoms with E-state index in [1.165, 1.54) is 5.56 Å². The molecule has 2 aromatic carbocycles. The van der Waals surface area contributed by atoms with Gasteiger partial charge in [-0.15, -0.1) is 0 Å². The van der Waals surface area contributed by atoms with Crippen LogP contribution in [-0.4, -0.2) is 19.2 Å². The maximum Gasteiger partial charge on any atom is 0.216 e. The van der Waals surface area contributed by atoms with Gasteiger partial charge in [-0.3, -0.25) is 0 Å². The van der Waals surface area contributed by atoms with Gasteiger partial charge in [-0.05, 0) is 11.1 Å². The van der Waals surface area contributed by atoms with E-state index in [0.29, 0.717) is 0 Å². The number of hydrogen-bond acceptors (Lipinski definition) is 2. The first-order chi connectivity index (χ1) is 11.6. The topological polar surface area (TPSA) is 27.4 Å². The molecule has 0 bridgehead atoms. The summed E-state index contributed by atoms with van der Waals surface area (Å²) >= 11 is 0.